The number of ether oxygens (including phenoxy) is 1. The van der Waals surface area contributed by atoms with Crippen molar-refractivity contribution in [1.82, 2.24) is 0 Å². The van der Waals surface area contributed by atoms with E-state index in [1.54, 1.807) is 52.0 Å². The van der Waals surface area contributed by atoms with Crippen LogP contribution in [0, 0.1) is 0 Å². The number of benzene rings is 1. The monoisotopic (exact) mass is 277 g/mol. The van der Waals surface area contributed by atoms with E-state index in [1.165, 1.54) is 0 Å². The zero-order valence-electron chi connectivity index (χ0n) is 12.1. The molecule has 0 fully saturated rings. The minimum Gasteiger partial charge on any atom is -0.443 e. The number of hydrogen-bond acceptors (Lipinski definition) is 4. The highest BCUT2D eigenvalue weighted by molar-refractivity contribution is 6.20. The molecule has 1 atom stereocenters. The van der Waals surface area contributed by atoms with Gasteiger partial charge in [-0.3, -0.25) is 4.79 Å². The van der Waals surface area contributed by atoms with Crippen LogP contribution in [0.5, 0.6) is 0 Å². The van der Waals surface area contributed by atoms with Gasteiger partial charge in [0.05, 0.1) is 5.69 Å². The normalized spacial score (nSPS) is 21.9. The van der Waals surface area contributed by atoms with Gasteiger partial charge in [0.25, 0.3) is 5.91 Å². The molecule has 0 saturated heterocycles. The number of para-hydroxylation sites is 1. The van der Waals surface area contributed by atoms with Crippen molar-refractivity contribution in [3.8, 4) is 0 Å². The van der Waals surface area contributed by atoms with E-state index in [0.717, 1.165) is 4.90 Å². The van der Waals surface area contributed by atoms with Crippen LogP contribution < -0.4 is 4.90 Å². The zero-order chi connectivity index (χ0) is 15.1. The Morgan fingerprint density at radius 1 is 1.35 bits per heavy atom. The fourth-order valence-electron chi connectivity index (χ4n) is 2.26. The molecule has 2 amide bonds. The Balaban J connectivity index is 2.46. The van der Waals surface area contributed by atoms with E-state index in [0.29, 0.717) is 11.3 Å². The summed E-state index contributed by atoms with van der Waals surface area (Å²) in [7, 11) is 0. The van der Waals surface area contributed by atoms with Gasteiger partial charge in [-0.05, 0) is 33.3 Å². The summed E-state index contributed by atoms with van der Waals surface area (Å²) in [6.45, 7) is 6.88. The molecule has 0 bridgehead atoms. The molecule has 0 unspecified atom stereocenters. The minimum atomic E-state index is -1.66. The standard InChI is InChI=1S/C15H19NO4/c1-5-15(19)10-8-6-7-9-11(10)16(12(15)17)13(18)20-14(2,3)4/h6-9,19H,5H2,1-4H3/t15-/m1/s1. The van der Waals surface area contributed by atoms with E-state index in [1.807, 2.05) is 0 Å². The van der Waals surface area contributed by atoms with Crippen molar-refractivity contribution in [3.05, 3.63) is 29.8 Å². The summed E-state index contributed by atoms with van der Waals surface area (Å²) in [5.74, 6) is -0.657. The zero-order valence-corrected chi connectivity index (χ0v) is 12.1. The molecule has 1 aliphatic heterocycles. The molecule has 108 valence electrons. The highest BCUT2D eigenvalue weighted by Gasteiger charge is 2.51. The number of nitrogens with zero attached hydrogens (tertiary/aromatic N) is 1. The molecule has 2 rings (SSSR count). The lowest BCUT2D eigenvalue weighted by molar-refractivity contribution is -0.136. The van der Waals surface area contributed by atoms with Gasteiger partial charge in [-0.2, -0.15) is 0 Å². The van der Waals surface area contributed by atoms with Crippen LogP contribution in [0.3, 0.4) is 0 Å². The first-order valence-corrected chi connectivity index (χ1v) is 6.60. The second-order valence-corrected chi connectivity index (χ2v) is 5.85. The third kappa shape index (κ3) is 2.18. The molecule has 5 nitrogen and oxygen atoms in total. The average Bonchev–Trinajstić information content (AvgIpc) is 2.58. The molecule has 1 aliphatic rings. The van der Waals surface area contributed by atoms with Gasteiger partial charge in [-0.1, -0.05) is 25.1 Å². The average molecular weight is 277 g/mol. The molecule has 20 heavy (non-hydrogen) atoms. The van der Waals surface area contributed by atoms with Crippen molar-refractivity contribution in [2.45, 2.75) is 45.3 Å². The number of anilines is 1. The molecule has 5 heteroatoms. The third-order valence-corrected chi connectivity index (χ3v) is 3.24. The summed E-state index contributed by atoms with van der Waals surface area (Å²) in [5.41, 5.74) is -1.54. The summed E-state index contributed by atoms with van der Waals surface area (Å²) in [6.07, 6.45) is -0.568. The first-order chi connectivity index (χ1) is 9.20. The molecule has 0 saturated carbocycles. The Hall–Kier alpha value is -1.88. The van der Waals surface area contributed by atoms with Crippen LogP contribution in [0.15, 0.2) is 24.3 Å². The summed E-state index contributed by atoms with van der Waals surface area (Å²) in [6, 6.07) is 6.72. The number of imide groups is 1. The van der Waals surface area contributed by atoms with Crippen LogP contribution in [0.2, 0.25) is 0 Å². The van der Waals surface area contributed by atoms with Crippen molar-refractivity contribution in [3.63, 3.8) is 0 Å². The molecular formula is C15H19NO4. The SMILES string of the molecule is CC[C@]1(O)C(=O)N(C(=O)OC(C)(C)C)c2ccccc21. The second-order valence-electron chi connectivity index (χ2n) is 5.85. The molecular weight excluding hydrogens is 258 g/mol. The maximum absolute atomic E-state index is 12.4. The topological polar surface area (TPSA) is 66.8 Å². The van der Waals surface area contributed by atoms with Crippen molar-refractivity contribution in [2.75, 3.05) is 4.90 Å². The lowest BCUT2D eigenvalue weighted by Crippen LogP contribution is -2.45. The largest absolute Gasteiger partial charge is 0.443 e. The lowest BCUT2D eigenvalue weighted by atomic mass is 9.93. The Morgan fingerprint density at radius 2 is 1.95 bits per heavy atom. The molecule has 1 N–H and O–H groups in total. The van der Waals surface area contributed by atoms with Crippen molar-refractivity contribution in [1.29, 1.82) is 0 Å². The van der Waals surface area contributed by atoms with Gasteiger partial charge in [-0.25, -0.2) is 9.69 Å². The molecule has 0 aliphatic carbocycles. The Labute approximate surface area is 118 Å². The van der Waals surface area contributed by atoms with Crippen molar-refractivity contribution >= 4 is 17.7 Å². The number of rotatable bonds is 1. The number of aliphatic hydroxyl groups is 1. The van der Waals surface area contributed by atoms with Gasteiger partial charge >= 0.3 is 6.09 Å². The number of hydrogen-bond donors (Lipinski definition) is 1. The fraction of sp³-hybridized carbons (Fsp3) is 0.467. The maximum Gasteiger partial charge on any atom is 0.421 e. The number of amides is 2. The Bertz CT molecular complexity index is 561. The number of carbonyl (C=O) groups is 2. The van der Waals surface area contributed by atoms with E-state index in [2.05, 4.69) is 0 Å². The smallest absolute Gasteiger partial charge is 0.421 e. The van der Waals surface area contributed by atoms with Gasteiger partial charge in [0.2, 0.25) is 0 Å². The molecule has 0 spiro atoms. The Kier molecular flexibility index (Phi) is 3.34. The van der Waals surface area contributed by atoms with Crippen molar-refractivity contribution in [2.24, 2.45) is 0 Å². The Morgan fingerprint density at radius 3 is 2.50 bits per heavy atom. The van der Waals surface area contributed by atoms with Crippen LogP contribution in [0.4, 0.5) is 10.5 Å². The summed E-state index contributed by atoms with van der Waals surface area (Å²) >= 11 is 0. The predicted octanol–water partition coefficient (Wildman–Crippen LogP) is 2.57. The van der Waals surface area contributed by atoms with Gasteiger partial charge in [0.1, 0.15) is 5.60 Å². The highest BCUT2D eigenvalue weighted by atomic mass is 16.6. The molecule has 1 aromatic rings. The molecule has 0 aromatic heterocycles. The van der Waals surface area contributed by atoms with E-state index >= 15 is 0 Å². The van der Waals surface area contributed by atoms with Crippen LogP contribution in [-0.4, -0.2) is 22.7 Å². The third-order valence-electron chi connectivity index (χ3n) is 3.24. The van der Waals surface area contributed by atoms with Crippen LogP contribution in [-0.2, 0) is 15.1 Å². The lowest BCUT2D eigenvalue weighted by Gasteiger charge is -2.25. The summed E-state index contributed by atoms with van der Waals surface area (Å²) < 4.78 is 5.24. The highest BCUT2D eigenvalue weighted by Crippen LogP contribution is 2.42. The van der Waals surface area contributed by atoms with Crippen LogP contribution >= 0.6 is 0 Å². The van der Waals surface area contributed by atoms with E-state index < -0.39 is 23.2 Å². The summed E-state index contributed by atoms with van der Waals surface area (Å²) in [4.78, 5) is 25.5. The molecule has 1 heterocycles. The first-order valence-electron chi connectivity index (χ1n) is 6.60. The quantitative estimate of drug-likeness (QED) is 0.856. The van der Waals surface area contributed by atoms with E-state index in [4.69, 9.17) is 4.74 Å². The van der Waals surface area contributed by atoms with Gasteiger partial charge < -0.3 is 9.84 Å². The van der Waals surface area contributed by atoms with Crippen LogP contribution in [0.25, 0.3) is 0 Å². The maximum atomic E-state index is 12.4. The second kappa shape index (κ2) is 4.59. The van der Waals surface area contributed by atoms with E-state index in [-0.39, 0.29) is 6.42 Å². The van der Waals surface area contributed by atoms with Gasteiger partial charge in [0, 0.05) is 5.56 Å². The molecule has 0 radical (unpaired) electrons. The van der Waals surface area contributed by atoms with E-state index in [9.17, 15) is 14.7 Å². The predicted molar refractivity (Wildman–Crippen MR) is 74.3 cm³/mol. The minimum absolute atomic E-state index is 0.197. The van der Waals surface area contributed by atoms with Crippen LogP contribution in [0.1, 0.15) is 39.7 Å². The number of carbonyl (C=O) groups excluding carboxylic acids is 2. The number of fused-ring (bicyclic) bond motifs is 1. The fourth-order valence-corrected chi connectivity index (χ4v) is 2.26. The van der Waals surface area contributed by atoms with Gasteiger partial charge in [-0.15, -0.1) is 0 Å². The summed E-state index contributed by atoms with van der Waals surface area (Å²) in [5, 5.41) is 10.5. The molecule has 1 aromatic carbocycles. The van der Waals surface area contributed by atoms with Gasteiger partial charge in [0.15, 0.2) is 5.60 Å². The first kappa shape index (κ1) is 14.5. The van der Waals surface area contributed by atoms with Crippen molar-refractivity contribution < 1.29 is 19.4 Å².